The first-order chi connectivity index (χ1) is 5.29. The lowest BCUT2D eigenvalue weighted by Gasteiger charge is -2.10. The minimum Gasteiger partial charge on any atom is -0.481 e. The largest absolute Gasteiger partial charge is 0.481 e. The van der Waals surface area contributed by atoms with E-state index in [1.165, 1.54) is 6.26 Å². The number of aliphatic carboxylic acids is 1. The van der Waals surface area contributed by atoms with Gasteiger partial charge in [-0.2, -0.15) is 0 Å². The summed E-state index contributed by atoms with van der Waals surface area (Å²) in [6.45, 7) is 0. The lowest BCUT2D eigenvalue weighted by molar-refractivity contribution is -0.137. The molecule has 0 fully saturated rings. The lowest BCUT2D eigenvalue weighted by atomic mass is 10.2. The molecule has 0 unspecified atom stereocenters. The number of carboxylic acids is 1. The standard InChI is InChI=1S/C7H9NO3/c9-7(10)4-3-6-2-1-5-11-8-6/h1-2,5,8H,3-4H2,(H,9,10). The second kappa shape index (κ2) is 3.65. The van der Waals surface area contributed by atoms with Crippen LogP contribution < -0.4 is 5.48 Å². The Morgan fingerprint density at radius 3 is 3.09 bits per heavy atom. The molecule has 0 aromatic rings. The van der Waals surface area contributed by atoms with Crippen LogP contribution in [0, 0.1) is 0 Å². The number of carbonyl (C=O) groups is 1. The normalized spacial score (nSPS) is 14.7. The minimum absolute atomic E-state index is 0.121. The van der Waals surface area contributed by atoms with Crippen molar-refractivity contribution in [1.82, 2.24) is 5.48 Å². The van der Waals surface area contributed by atoms with Crippen molar-refractivity contribution in [2.45, 2.75) is 12.8 Å². The Kier molecular flexibility index (Phi) is 2.54. The fourth-order valence-electron chi connectivity index (χ4n) is 0.714. The van der Waals surface area contributed by atoms with E-state index in [0.717, 1.165) is 5.70 Å². The maximum Gasteiger partial charge on any atom is 0.303 e. The molecular formula is C7H9NO3. The van der Waals surface area contributed by atoms with Gasteiger partial charge in [0.15, 0.2) is 0 Å². The molecule has 0 bridgehead atoms. The summed E-state index contributed by atoms with van der Waals surface area (Å²) in [5.41, 5.74) is 3.37. The van der Waals surface area contributed by atoms with E-state index in [1.54, 1.807) is 12.2 Å². The van der Waals surface area contributed by atoms with Gasteiger partial charge in [0, 0.05) is 12.1 Å². The summed E-state index contributed by atoms with van der Waals surface area (Å²) in [4.78, 5) is 14.9. The van der Waals surface area contributed by atoms with Crippen molar-refractivity contribution in [1.29, 1.82) is 0 Å². The Labute approximate surface area is 64.1 Å². The SMILES string of the molecule is O=C(O)CCC1=CC=CON1. The zero-order valence-corrected chi connectivity index (χ0v) is 5.91. The van der Waals surface area contributed by atoms with Crippen molar-refractivity contribution in [3.8, 4) is 0 Å². The Hall–Kier alpha value is -1.45. The van der Waals surface area contributed by atoms with Gasteiger partial charge in [-0.1, -0.05) is 0 Å². The molecular weight excluding hydrogens is 146 g/mol. The minimum atomic E-state index is -0.803. The maximum absolute atomic E-state index is 10.1. The average Bonchev–Trinajstić information content (AvgIpc) is 2.03. The Morgan fingerprint density at radius 1 is 1.73 bits per heavy atom. The molecule has 0 amide bonds. The molecule has 0 aromatic heterocycles. The van der Waals surface area contributed by atoms with Gasteiger partial charge in [-0.05, 0) is 12.2 Å². The lowest BCUT2D eigenvalue weighted by Crippen LogP contribution is -2.13. The van der Waals surface area contributed by atoms with E-state index >= 15 is 0 Å². The van der Waals surface area contributed by atoms with Crippen LogP contribution in [0.3, 0.4) is 0 Å². The molecule has 2 N–H and O–H groups in total. The van der Waals surface area contributed by atoms with Crippen LogP contribution >= 0.6 is 0 Å². The number of allylic oxidation sites excluding steroid dienone is 3. The van der Waals surface area contributed by atoms with Crippen LogP contribution in [-0.2, 0) is 9.63 Å². The molecule has 0 saturated heterocycles. The zero-order valence-electron chi connectivity index (χ0n) is 5.91. The molecule has 0 radical (unpaired) electrons. The van der Waals surface area contributed by atoms with E-state index < -0.39 is 5.97 Å². The van der Waals surface area contributed by atoms with Crippen LogP contribution in [-0.4, -0.2) is 11.1 Å². The summed E-state index contributed by atoms with van der Waals surface area (Å²) in [5, 5.41) is 8.33. The van der Waals surface area contributed by atoms with Crippen molar-refractivity contribution in [3.05, 3.63) is 24.1 Å². The number of hydrogen-bond donors (Lipinski definition) is 2. The topological polar surface area (TPSA) is 58.6 Å². The Bertz CT molecular complexity index is 208. The van der Waals surface area contributed by atoms with E-state index in [1.807, 2.05) is 0 Å². The molecule has 1 aliphatic heterocycles. The average molecular weight is 155 g/mol. The molecule has 0 atom stereocenters. The first-order valence-electron chi connectivity index (χ1n) is 3.28. The molecule has 11 heavy (non-hydrogen) atoms. The van der Waals surface area contributed by atoms with Gasteiger partial charge in [0.25, 0.3) is 0 Å². The molecule has 0 spiro atoms. The van der Waals surface area contributed by atoms with Crippen molar-refractivity contribution < 1.29 is 14.7 Å². The highest BCUT2D eigenvalue weighted by Crippen LogP contribution is 2.04. The molecule has 0 aromatic carbocycles. The third-order valence-corrected chi connectivity index (χ3v) is 1.24. The van der Waals surface area contributed by atoms with E-state index in [9.17, 15) is 4.79 Å². The van der Waals surface area contributed by atoms with Crippen LogP contribution in [0.1, 0.15) is 12.8 Å². The molecule has 0 saturated carbocycles. The predicted octanol–water partition coefficient (Wildman–Crippen LogP) is 0.784. The van der Waals surface area contributed by atoms with Gasteiger partial charge in [0.05, 0.1) is 6.42 Å². The number of carboxylic acid groups (broad SMARTS) is 1. The van der Waals surface area contributed by atoms with Gasteiger partial charge in [-0.15, -0.1) is 0 Å². The summed E-state index contributed by atoms with van der Waals surface area (Å²) in [5.74, 6) is -0.803. The second-order valence-electron chi connectivity index (χ2n) is 2.13. The predicted molar refractivity (Wildman–Crippen MR) is 38.3 cm³/mol. The van der Waals surface area contributed by atoms with E-state index in [0.29, 0.717) is 6.42 Å². The van der Waals surface area contributed by atoms with Crippen molar-refractivity contribution in [2.75, 3.05) is 0 Å². The molecule has 4 nitrogen and oxygen atoms in total. The van der Waals surface area contributed by atoms with Gasteiger partial charge >= 0.3 is 5.97 Å². The summed E-state index contributed by atoms with van der Waals surface area (Å²) in [6.07, 6.45) is 5.58. The number of rotatable bonds is 3. The molecule has 1 rings (SSSR count). The maximum atomic E-state index is 10.1. The molecule has 4 heteroatoms. The van der Waals surface area contributed by atoms with Gasteiger partial charge in [-0.25, -0.2) is 5.48 Å². The molecule has 60 valence electrons. The fraction of sp³-hybridized carbons (Fsp3) is 0.286. The third kappa shape index (κ3) is 2.75. The monoisotopic (exact) mass is 155 g/mol. The first kappa shape index (κ1) is 7.65. The van der Waals surface area contributed by atoms with Crippen molar-refractivity contribution in [2.24, 2.45) is 0 Å². The smallest absolute Gasteiger partial charge is 0.303 e. The zero-order chi connectivity index (χ0) is 8.10. The number of hydroxylamine groups is 1. The first-order valence-corrected chi connectivity index (χ1v) is 3.28. The van der Waals surface area contributed by atoms with Crippen molar-refractivity contribution >= 4 is 5.97 Å². The number of hydrogen-bond acceptors (Lipinski definition) is 3. The summed E-state index contributed by atoms with van der Waals surface area (Å²) in [7, 11) is 0. The van der Waals surface area contributed by atoms with E-state index in [-0.39, 0.29) is 6.42 Å². The van der Waals surface area contributed by atoms with Crippen LogP contribution in [0.15, 0.2) is 24.1 Å². The van der Waals surface area contributed by atoms with Gasteiger partial charge in [0.1, 0.15) is 6.26 Å². The van der Waals surface area contributed by atoms with Crippen LogP contribution in [0.4, 0.5) is 0 Å². The molecule has 1 aliphatic rings. The van der Waals surface area contributed by atoms with E-state index in [4.69, 9.17) is 9.94 Å². The Balaban J connectivity index is 2.31. The fourth-order valence-corrected chi connectivity index (χ4v) is 0.714. The molecule has 1 heterocycles. The van der Waals surface area contributed by atoms with Gasteiger partial charge in [-0.3, -0.25) is 4.79 Å². The van der Waals surface area contributed by atoms with Crippen LogP contribution in [0.2, 0.25) is 0 Å². The number of nitrogens with one attached hydrogen (secondary N) is 1. The third-order valence-electron chi connectivity index (χ3n) is 1.24. The van der Waals surface area contributed by atoms with Crippen LogP contribution in [0.25, 0.3) is 0 Å². The van der Waals surface area contributed by atoms with Gasteiger partial charge in [0.2, 0.25) is 0 Å². The highest BCUT2D eigenvalue weighted by molar-refractivity contribution is 5.67. The van der Waals surface area contributed by atoms with Crippen LogP contribution in [0.5, 0.6) is 0 Å². The summed E-state index contributed by atoms with van der Waals surface area (Å²) in [6, 6.07) is 0. The summed E-state index contributed by atoms with van der Waals surface area (Å²) < 4.78 is 0. The second-order valence-corrected chi connectivity index (χ2v) is 2.13. The summed E-state index contributed by atoms with van der Waals surface area (Å²) >= 11 is 0. The van der Waals surface area contributed by atoms with E-state index in [2.05, 4.69) is 5.48 Å². The van der Waals surface area contributed by atoms with Gasteiger partial charge < -0.3 is 9.94 Å². The Morgan fingerprint density at radius 2 is 2.55 bits per heavy atom. The molecule has 0 aliphatic carbocycles. The quantitative estimate of drug-likeness (QED) is 0.632. The highest BCUT2D eigenvalue weighted by Gasteiger charge is 2.02. The van der Waals surface area contributed by atoms with Crippen molar-refractivity contribution in [3.63, 3.8) is 0 Å². The highest BCUT2D eigenvalue weighted by atomic mass is 16.6.